The summed E-state index contributed by atoms with van der Waals surface area (Å²) in [7, 11) is -3.37. The highest BCUT2D eigenvalue weighted by Crippen LogP contribution is 2.29. The molecule has 0 bridgehead atoms. The fourth-order valence-electron chi connectivity index (χ4n) is 3.52. The van der Waals surface area contributed by atoms with Gasteiger partial charge in [-0.3, -0.25) is 9.78 Å². The van der Waals surface area contributed by atoms with Crippen molar-refractivity contribution in [3.63, 3.8) is 0 Å². The molecule has 0 spiro atoms. The van der Waals surface area contributed by atoms with Gasteiger partial charge < -0.3 is 5.32 Å². The molecule has 1 heterocycles. The number of aromatic nitrogens is 1. The molecule has 152 valence electrons. The molecule has 0 aliphatic heterocycles. The SMILES string of the molecule is Cc1cc(NC(=O)[C@H]2CC[C@H](NS(=O)(=O)C(C)(C)C)CC2)c2ccccc2n1. The number of amides is 1. The van der Waals surface area contributed by atoms with Crippen LogP contribution in [0.15, 0.2) is 30.3 Å². The highest BCUT2D eigenvalue weighted by atomic mass is 32.2. The van der Waals surface area contributed by atoms with Gasteiger partial charge >= 0.3 is 0 Å². The van der Waals surface area contributed by atoms with Gasteiger partial charge in [-0.05, 0) is 65.5 Å². The number of hydrogen-bond acceptors (Lipinski definition) is 4. The third-order valence-electron chi connectivity index (χ3n) is 5.33. The second-order valence-corrected chi connectivity index (χ2v) is 11.1. The molecule has 0 atom stereocenters. The second kappa shape index (κ2) is 7.79. The van der Waals surface area contributed by atoms with Crippen LogP contribution in [-0.4, -0.2) is 30.1 Å². The first kappa shape index (κ1) is 20.7. The summed E-state index contributed by atoms with van der Waals surface area (Å²) in [6.45, 7) is 6.98. The van der Waals surface area contributed by atoms with Crippen LogP contribution in [-0.2, 0) is 14.8 Å². The van der Waals surface area contributed by atoms with Crippen LogP contribution in [0.1, 0.15) is 52.1 Å². The van der Waals surface area contributed by atoms with Crippen LogP contribution in [0.25, 0.3) is 10.9 Å². The standard InChI is InChI=1S/C21H29N3O3S/c1-14-13-19(17-7-5-6-8-18(17)22-14)23-20(25)15-9-11-16(12-10-15)24-28(26,27)21(2,3)4/h5-8,13,15-16,24H,9-12H2,1-4H3,(H,22,23,25)/t15-,16-. The topological polar surface area (TPSA) is 88.2 Å². The van der Waals surface area contributed by atoms with Crippen molar-refractivity contribution >= 4 is 32.5 Å². The zero-order chi connectivity index (χ0) is 20.5. The number of hydrogen-bond donors (Lipinski definition) is 2. The van der Waals surface area contributed by atoms with Gasteiger partial charge in [-0.2, -0.15) is 0 Å². The monoisotopic (exact) mass is 403 g/mol. The van der Waals surface area contributed by atoms with Crippen molar-refractivity contribution in [2.24, 2.45) is 5.92 Å². The Morgan fingerprint density at radius 3 is 2.39 bits per heavy atom. The first-order chi connectivity index (χ1) is 13.1. The normalized spacial score (nSPS) is 20.9. The zero-order valence-electron chi connectivity index (χ0n) is 17.0. The number of nitrogens with one attached hydrogen (secondary N) is 2. The van der Waals surface area contributed by atoms with Crippen LogP contribution in [0, 0.1) is 12.8 Å². The zero-order valence-corrected chi connectivity index (χ0v) is 17.8. The van der Waals surface area contributed by atoms with Gasteiger partial charge in [0.25, 0.3) is 0 Å². The summed E-state index contributed by atoms with van der Waals surface area (Å²) in [5.74, 6) is -0.115. The van der Waals surface area contributed by atoms with Crippen molar-refractivity contribution < 1.29 is 13.2 Å². The largest absolute Gasteiger partial charge is 0.325 e. The van der Waals surface area contributed by atoms with E-state index in [0.29, 0.717) is 25.7 Å². The van der Waals surface area contributed by atoms with Crippen molar-refractivity contribution in [3.05, 3.63) is 36.0 Å². The van der Waals surface area contributed by atoms with E-state index >= 15 is 0 Å². The van der Waals surface area contributed by atoms with Crippen molar-refractivity contribution in [1.82, 2.24) is 9.71 Å². The van der Waals surface area contributed by atoms with E-state index in [1.807, 2.05) is 37.3 Å². The number of rotatable bonds is 4. The van der Waals surface area contributed by atoms with E-state index in [1.54, 1.807) is 20.8 Å². The molecule has 7 heteroatoms. The lowest BCUT2D eigenvalue weighted by molar-refractivity contribution is -0.120. The Hall–Kier alpha value is -1.99. The van der Waals surface area contributed by atoms with Gasteiger partial charge in [0, 0.05) is 23.0 Å². The van der Waals surface area contributed by atoms with E-state index < -0.39 is 14.8 Å². The van der Waals surface area contributed by atoms with Crippen LogP contribution in [0.4, 0.5) is 5.69 Å². The first-order valence-electron chi connectivity index (χ1n) is 9.76. The second-order valence-electron chi connectivity index (χ2n) is 8.60. The fraction of sp³-hybridized carbons (Fsp3) is 0.524. The van der Waals surface area contributed by atoms with Gasteiger partial charge in [0.05, 0.1) is 16.0 Å². The molecule has 6 nitrogen and oxygen atoms in total. The maximum absolute atomic E-state index is 12.8. The minimum Gasteiger partial charge on any atom is -0.325 e. The maximum Gasteiger partial charge on any atom is 0.227 e. The van der Waals surface area contributed by atoms with E-state index in [0.717, 1.165) is 22.3 Å². The van der Waals surface area contributed by atoms with Gasteiger partial charge in [-0.1, -0.05) is 18.2 Å². The summed E-state index contributed by atoms with van der Waals surface area (Å²) in [6, 6.07) is 9.54. The number of sulfonamides is 1. The predicted molar refractivity (Wildman–Crippen MR) is 113 cm³/mol. The smallest absolute Gasteiger partial charge is 0.227 e. The molecule has 0 saturated heterocycles. The van der Waals surface area contributed by atoms with E-state index in [2.05, 4.69) is 15.0 Å². The van der Waals surface area contributed by atoms with Crippen LogP contribution in [0.3, 0.4) is 0 Å². The van der Waals surface area contributed by atoms with Gasteiger partial charge in [0.2, 0.25) is 15.9 Å². The summed E-state index contributed by atoms with van der Waals surface area (Å²) < 4.78 is 26.7. The minimum atomic E-state index is -3.37. The molecule has 1 aromatic heterocycles. The molecule has 1 fully saturated rings. The van der Waals surface area contributed by atoms with E-state index in [9.17, 15) is 13.2 Å². The average Bonchev–Trinajstić information content (AvgIpc) is 2.61. The highest BCUT2D eigenvalue weighted by Gasteiger charge is 2.34. The summed E-state index contributed by atoms with van der Waals surface area (Å²) in [6.07, 6.45) is 2.68. The Balaban J connectivity index is 1.64. The van der Waals surface area contributed by atoms with Gasteiger partial charge in [-0.15, -0.1) is 0 Å². The van der Waals surface area contributed by atoms with Gasteiger partial charge in [-0.25, -0.2) is 13.1 Å². The van der Waals surface area contributed by atoms with Crippen molar-refractivity contribution in [1.29, 1.82) is 0 Å². The number of carbonyl (C=O) groups is 1. The molecule has 0 unspecified atom stereocenters. The highest BCUT2D eigenvalue weighted by molar-refractivity contribution is 7.90. The Morgan fingerprint density at radius 1 is 1.11 bits per heavy atom. The first-order valence-corrected chi connectivity index (χ1v) is 11.2. The number of benzene rings is 1. The van der Waals surface area contributed by atoms with E-state index in [1.165, 1.54) is 0 Å². The third kappa shape index (κ3) is 4.52. The molecule has 2 N–H and O–H groups in total. The predicted octanol–water partition coefficient (Wildman–Crippen LogP) is 3.76. The number of anilines is 1. The molecule has 1 aliphatic carbocycles. The van der Waals surface area contributed by atoms with Crippen LogP contribution in [0.5, 0.6) is 0 Å². The Morgan fingerprint density at radius 2 is 1.75 bits per heavy atom. The summed E-state index contributed by atoms with van der Waals surface area (Å²) in [5.41, 5.74) is 2.50. The molecule has 0 radical (unpaired) electrons. The Kier molecular flexibility index (Phi) is 5.77. The van der Waals surface area contributed by atoms with Crippen LogP contribution < -0.4 is 10.0 Å². The number of carbonyl (C=O) groups excluding carboxylic acids is 1. The number of nitrogens with zero attached hydrogens (tertiary/aromatic N) is 1. The Bertz CT molecular complexity index is 972. The van der Waals surface area contributed by atoms with Gasteiger partial charge in [0.15, 0.2) is 0 Å². The average molecular weight is 404 g/mol. The van der Waals surface area contributed by atoms with E-state index in [4.69, 9.17) is 0 Å². The number of para-hydroxylation sites is 1. The summed E-state index contributed by atoms with van der Waals surface area (Å²) in [4.78, 5) is 17.3. The number of aryl methyl sites for hydroxylation is 1. The lowest BCUT2D eigenvalue weighted by atomic mass is 9.86. The van der Waals surface area contributed by atoms with Crippen molar-refractivity contribution in [3.8, 4) is 0 Å². The maximum atomic E-state index is 12.8. The minimum absolute atomic E-state index is 0.00659. The van der Waals surface area contributed by atoms with Gasteiger partial charge in [0.1, 0.15) is 0 Å². The fourth-order valence-corrected chi connectivity index (χ4v) is 4.54. The van der Waals surface area contributed by atoms with Crippen LogP contribution in [0.2, 0.25) is 0 Å². The number of fused-ring (bicyclic) bond motifs is 1. The molecule has 1 aromatic carbocycles. The summed E-state index contributed by atoms with van der Waals surface area (Å²) >= 11 is 0. The molecule has 28 heavy (non-hydrogen) atoms. The molecular formula is C21H29N3O3S. The van der Waals surface area contributed by atoms with Crippen molar-refractivity contribution in [2.45, 2.75) is 64.2 Å². The molecular weight excluding hydrogens is 374 g/mol. The van der Waals surface area contributed by atoms with Crippen molar-refractivity contribution in [2.75, 3.05) is 5.32 Å². The molecule has 1 aliphatic rings. The number of pyridine rings is 1. The van der Waals surface area contributed by atoms with Crippen LogP contribution >= 0.6 is 0 Å². The lowest BCUT2D eigenvalue weighted by Gasteiger charge is -2.30. The Labute approximate surface area is 167 Å². The third-order valence-corrected chi connectivity index (χ3v) is 7.58. The summed E-state index contributed by atoms with van der Waals surface area (Å²) in [5, 5.41) is 3.99. The van der Waals surface area contributed by atoms with E-state index in [-0.39, 0.29) is 17.9 Å². The lowest BCUT2D eigenvalue weighted by Crippen LogP contribution is -2.46. The molecule has 3 rings (SSSR count). The molecule has 1 amide bonds. The molecule has 2 aromatic rings. The molecule has 1 saturated carbocycles. The quantitative estimate of drug-likeness (QED) is 0.814.